The Morgan fingerprint density at radius 1 is 1.43 bits per heavy atom. The Bertz CT molecular complexity index is 636. The van der Waals surface area contributed by atoms with Crippen LogP contribution >= 0.6 is 11.3 Å². The molecule has 2 aromatic heterocycles. The van der Waals surface area contributed by atoms with Crippen LogP contribution in [0.4, 0.5) is 4.79 Å². The average Bonchev–Trinajstić information content (AvgIpc) is 3.06. The molecule has 8 nitrogen and oxygen atoms in total. The standard InChI is InChI=1S/C12H15N5O3S/c1-8-2-5-21-10(8)6-14-12(20)13-3-4-17-7-9(11(18)19)15-16-17/h2,5,7H,3-4,6H2,1H3,(H,18,19)(H2,13,14,20). The van der Waals surface area contributed by atoms with Gasteiger partial charge in [0, 0.05) is 11.4 Å². The fraction of sp³-hybridized carbons (Fsp3) is 0.333. The molecule has 9 heteroatoms. The van der Waals surface area contributed by atoms with Crippen molar-refractivity contribution >= 4 is 23.3 Å². The van der Waals surface area contributed by atoms with Crippen molar-refractivity contribution in [3.05, 3.63) is 33.8 Å². The molecule has 0 fully saturated rings. The minimum absolute atomic E-state index is 0.118. The van der Waals surface area contributed by atoms with E-state index in [-0.39, 0.29) is 11.7 Å². The van der Waals surface area contributed by atoms with Crippen LogP contribution in [0.3, 0.4) is 0 Å². The topological polar surface area (TPSA) is 109 Å². The molecule has 0 unspecified atom stereocenters. The molecule has 2 amide bonds. The highest BCUT2D eigenvalue weighted by molar-refractivity contribution is 7.10. The Balaban J connectivity index is 1.69. The average molecular weight is 309 g/mol. The number of rotatable bonds is 6. The van der Waals surface area contributed by atoms with Crippen molar-refractivity contribution in [1.82, 2.24) is 25.6 Å². The van der Waals surface area contributed by atoms with Crippen LogP contribution in [0.15, 0.2) is 17.6 Å². The molecule has 0 aliphatic heterocycles. The summed E-state index contributed by atoms with van der Waals surface area (Å²) in [7, 11) is 0. The molecular weight excluding hydrogens is 294 g/mol. The van der Waals surface area contributed by atoms with Crippen molar-refractivity contribution in [2.24, 2.45) is 0 Å². The number of carboxylic acids is 1. The van der Waals surface area contributed by atoms with Gasteiger partial charge in [-0.3, -0.25) is 0 Å². The largest absolute Gasteiger partial charge is 0.476 e. The summed E-state index contributed by atoms with van der Waals surface area (Å²) >= 11 is 1.60. The van der Waals surface area contributed by atoms with Gasteiger partial charge in [-0.05, 0) is 23.9 Å². The summed E-state index contributed by atoms with van der Waals surface area (Å²) < 4.78 is 1.37. The third-order valence-electron chi connectivity index (χ3n) is 2.76. The summed E-state index contributed by atoms with van der Waals surface area (Å²) in [6.07, 6.45) is 1.32. The second-order valence-electron chi connectivity index (χ2n) is 4.31. The lowest BCUT2D eigenvalue weighted by atomic mass is 10.3. The number of aromatic carboxylic acids is 1. The van der Waals surface area contributed by atoms with Crippen LogP contribution in [0.5, 0.6) is 0 Å². The highest BCUT2D eigenvalue weighted by Crippen LogP contribution is 2.14. The lowest BCUT2D eigenvalue weighted by Gasteiger charge is -2.07. The molecule has 21 heavy (non-hydrogen) atoms. The Labute approximate surface area is 124 Å². The maximum atomic E-state index is 11.6. The van der Waals surface area contributed by atoms with Gasteiger partial charge in [-0.15, -0.1) is 16.4 Å². The van der Waals surface area contributed by atoms with E-state index in [9.17, 15) is 9.59 Å². The highest BCUT2D eigenvalue weighted by atomic mass is 32.1. The third kappa shape index (κ3) is 4.28. The van der Waals surface area contributed by atoms with Gasteiger partial charge in [-0.2, -0.15) is 0 Å². The predicted molar refractivity (Wildman–Crippen MR) is 76.3 cm³/mol. The second-order valence-corrected chi connectivity index (χ2v) is 5.31. The van der Waals surface area contributed by atoms with Crippen molar-refractivity contribution in [2.75, 3.05) is 6.54 Å². The monoisotopic (exact) mass is 309 g/mol. The van der Waals surface area contributed by atoms with Gasteiger partial charge in [-0.1, -0.05) is 5.21 Å². The Kier molecular flexibility index (Phi) is 4.88. The minimum Gasteiger partial charge on any atom is -0.476 e. The van der Waals surface area contributed by atoms with Gasteiger partial charge < -0.3 is 15.7 Å². The van der Waals surface area contributed by atoms with Crippen LogP contribution in [0.1, 0.15) is 20.9 Å². The van der Waals surface area contributed by atoms with E-state index in [1.54, 1.807) is 11.3 Å². The van der Waals surface area contributed by atoms with E-state index in [2.05, 4.69) is 20.9 Å². The SMILES string of the molecule is Cc1ccsc1CNC(=O)NCCn1cc(C(=O)O)nn1. The van der Waals surface area contributed by atoms with Gasteiger partial charge >= 0.3 is 12.0 Å². The molecule has 0 aromatic carbocycles. The molecule has 0 saturated heterocycles. The summed E-state index contributed by atoms with van der Waals surface area (Å²) in [6.45, 7) is 3.17. The zero-order valence-corrected chi connectivity index (χ0v) is 12.2. The number of thiophene rings is 1. The van der Waals surface area contributed by atoms with E-state index in [0.29, 0.717) is 19.6 Å². The second kappa shape index (κ2) is 6.84. The molecule has 0 aliphatic rings. The Morgan fingerprint density at radius 3 is 2.86 bits per heavy atom. The van der Waals surface area contributed by atoms with Gasteiger partial charge in [0.1, 0.15) is 0 Å². The fourth-order valence-electron chi connectivity index (χ4n) is 1.60. The van der Waals surface area contributed by atoms with Crippen molar-refractivity contribution in [3.63, 3.8) is 0 Å². The van der Waals surface area contributed by atoms with Crippen LogP contribution < -0.4 is 10.6 Å². The molecule has 0 saturated carbocycles. The maximum Gasteiger partial charge on any atom is 0.358 e. The van der Waals surface area contributed by atoms with Crippen LogP contribution in [0.25, 0.3) is 0 Å². The van der Waals surface area contributed by atoms with Gasteiger partial charge in [0.2, 0.25) is 0 Å². The molecule has 2 heterocycles. The van der Waals surface area contributed by atoms with Crippen LogP contribution in [-0.2, 0) is 13.1 Å². The molecule has 112 valence electrons. The van der Waals surface area contributed by atoms with E-state index in [1.807, 2.05) is 18.4 Å². The number of carboxylic acid groups (broad SMARTS) is 1. The van der Waals surface area contributed by atoms with E-state index in [1.165, 1.54) is 10.9 Å². The number of hydrogen-bond donors (Lipinski definition) is 3. The van der Waals surface area contributed by atoms with Crippen LogP contribution in [-0.4, -0.2) is 38.6 Å². The molecule has 0 radical (unpaired) electrons. The first-order valence-corrected chi connectivity index (χ1v) is 7.12. The zero-order chi connectivity index (χ0) is 15.2. The smallest absolute Gasteiger partial charge is 0.358 e. The number of nitrogens with zero attached hydrogens (tertiary/aromatic N) is 3. The minimum atomic E-state index is -1.13. The van der Waals surface area contributed by atoms with Crippen LogP contribution in [0.2, 0.25) is 0 Å². The summed E-state index contributed by atoms with van der Waals surface area (Å²) in [5.74, 6) is -1.13. The zero-order valence-electron chi connectivity index (χ0n) is 11.4. The summed E-state index contributed by atoms with van der Waals surface area (Å²) in [4.78, 5) is 23.3. The van der Waals surface area contributed by atoms with Gasteiger partial charge in [0.15, 0.2) is 5.69 Å². The molecular formula is C12H15N5O3S. The normalized spacial score (nSPS) is 10.3. The quantitative estimate of drug-likeness (QED) is 0.733. The molecule has 0 atom stereocenters. The molecule has 2 rings (SSSR count). The Morgan fingerprint density at radius 2 is 2.24 bits per heavy atom. The molecule has 3 N–H and O–H groups in total. The number of urea groups is 1. The first kappa shape index (κ1) is 15.0. The number of aromatic nitrogens is 3. The first-order chi connectivity index (χ1) is 10.1. The predicted octanol–water partition coefficient (Wildman–Crippen LogP) is 0.846. The van der Waals surface area contributed by atoms with Crippen molar-refractivity contribution < 1.29 is 14.7 Å². The van der Waals surface area contributed by atoms with Gasteiger partial charge in [0.25, 0.3) is 0 Å². The number of amides is 2. The molecule has 0 spiro atoms. The molecule has 2 aromatic rings. The molecule has 0 aliphatic carbocycles. The van der Waals surface area contributed by atoms with Crippen LogP contribution in [0, 0.1) is 6.92 Å². The van der Waals surface area contributed by atoms with Crippen molar-refractivity contribution in [2.45, 2.75) is 20.0 Å². The maximum absolute atomic E-state index is 11.6. The lowest BCUT2D eigenvalue weighted by Crippen LogP contribution is -2.36. The number of hydrogen-bond acceptors (Lipinski definition) is 5. The van der Waals surface area contributed by atoms with E-state index >= 15 is 0 Å². The van der Waals surface area contributed by atoms with Crippen molar-refractivity contribution in [3.8, 4) is 0 Å². The van der Waals surface area contributed by atoms with E-state index in [0.717, 1.165) is 10.4 Å². The van der Waals surface area contributed by atoms with E-state index < -0.39 is 5.97 Å². The first-order valence-electron chi connectivity index (χ1n) is 6.24. The van der Waals surface area contributed by atoms with Gasteiger partial charge in [-0.25, -0.2) is 14.3 Å². The summed E-state index contributed by atoms with van der Waals surface area (Å²) in [6, 6.07) is 1.73. The number of carbonyl (C=O) groups is 2. The number of carbonyl (C=O) groups excluding carboxylic acids is 1. The third-order valence-corrected chi connectivity index (χ3v) is 3.78. The fourth-order valence-corrected chi connectivity index (χ4v) is 2.44. The highest BCUT2D eigenvalue weighted by Gasteiger charge is 2.08. The summed E-state index contributed by atoms with van der Waals surface area (Å²) in [5, 5.41) is 23.2. The Hall–Kier alpha value is -2.42. The number of aryl methyl sites for hydroxylation is 1. The summed E-state index contributed by atoms with van der Waals surface area (Å²) in [5.41, 5.74) is 1.04. The number of nitrogens with one attached hydrogen (secondary N) is 2. The van der Waals surface area contributed by atoms with Crippen molar-refractivity contribution in [1.29, 1.82) is 0 Å². The molecule has 0 bridgehead atoms. The van der Waals surface area contributed by atoms with Gasteiger partial charge in [0.05, 0.1) is 19.3 Å². The van der Waals surface area contributed by atoms with E-state index in [4.69, 9.17) is 5.11 Å². The lowest BCUT2D eigenvalue weighted by molar-refractivity contribution is 0.0690.